The second-order valence-electron chi connectivity index (χ2n) is 8.44. The van der Waals surface area contributed by atoms with E-state index in [2.05, 4.69) is 33.4 Å². The first-order valence-electron chi connectivity index (χ1n) is 9.95. The fourth-order valence-electron chi connectivity index (χ4n) is 4.09. The Morgan fingerprint density at radius 3 is 2.89 bits per heavy atom. The second-order valence-corrected chi connectivity index (χ2v) is 8.44. The first-order valence-corrected chi connectivity index (χ1v) is 9.95. The molecule has 2 aromatic rings. The van der Waals surface area contributed by atoms with Crippen molar-refractivity contribution >= 4 is 11.0 Å². The molecule has 0 saturated heterocycles. The predicted molar refractivity (Wildman–Crippen MR) is 113 cm³/mol. The highest BCUT2D eigenvalue weighted by Gasteiger charge is 2.40. The molecule has 1 unspecified atom stereocenters. The van der Waals surface area contributed by atoms with Crippen LogP contribution in [0, 0.1) is 11.3 Å². The number of ether oxygens (including phenoxy) is 1. The van der Waals surface area contributed by atoms with Crippen molar-refractivity contribution < 1.29 is 14.3 Å². The zero-order valence-corrected chi connectivity index (χ0v) is 17.0. The normalized spacial score (nSPS) is 22.4. The Kier molecular flexibility index (Phi) is 6.09. The first kappa shape index (κ1) is 20.4. The number of fused-ring (bicyclic) bond motifs is 1. The van der Waals surface area contributed by atoms with Crippen molar-refractivity contribution in [2.24, 2.45) is 11.3 Å². The molecule has 0 bridgehead atoms. The molecular formula is C24H30O4. The van der Waals surface area contributed by atoms with Crippen LogP contribution in [-0.2, 0) is 0 Å². The van der Waals surface area contributed by atoms with Gasteiger partial charge in [0.25, 0.3) is 0 Å². The van der Waals surface area contributed by atoms with Gasteiger partial charge in [-0.25, -0.2) is 4.79 Å². The molecule has 1 heterocycles. The molecule has 0 spiro atoms. The minimum absolute atomic E-state index is 0.124. The summed E-state index contributed by atoms with van der Waals surface area (Å²) in [5, 5.41) is 11.2. The summed E-state index contributed by atoms with van der Waals surface area (Å²) >= 11 is 0. The summed E-state index contributed by atoms with van der Waals surface area (Å²) in [4.78, 5) is 11.4. The van der Waals surface area contributed by atoms with E-state index in [1.807, 2.05) is 12.1 Å². The molecule has 4 heteroatoms. The Morgan fingerprint density at radius 1 is 1.36 bits per heavy atom. The Labute approximate surface area is 166 Å². The highest BCUT2D eigenvalue weighted by Crippen LogP contribution is 2.45. The molecule has 3 rings (SSSR count). The monoisotopic (exact) mass is 382 g/mol. The van der Waals surface area contributed by atoms with Crippen LogP contribution in [0.4, 0.5) is 0 Å². The van der Waals surface area contributed by atoms with E-state index in [9.17, 15) is 9.90 Å². The maximum Gasteiger partial charge on any atom is 0.336 e. The molecule has 1 saturated carbocycles. The van der Waals surface area contributed by atoms with Crippen LogP contribution in [0.25, 0.3) is 11.0 Å². The molecule has 4 nitrogen and oxygen atoms in total. The quantitative estimate of drug-likeness (QED) is 0.547. The van der Waals surface area contributed by atoms with E-state index in [1.54, 1.807) is 12.1 Å². The third-order valence-corrected chi connectivity index (χ3v) is 6.09. The lowest BCUT2D eigenvalue weighted by atomic mass is 9.63. The summed E-state index contributed by atoms with van der Waals surface area (Å²) < 4.78 is 11.0. The first-order chi connectivity index (χ1) is 13.3. The Balaban J connectivity index is 1.56. The van der Waals surface area contributed by atoms with Gasteiger partial charge in [-0.3, -0.25) is 0 Å². The molecule has 1 aromatic heterocycles. The van der Waals surface area contributed by atoms with Gasteiger partial charge < -0.3 is 14.3 Å². The lowest BCUT2D eigenvalue weighted by molar-refractivity contribution is -0.00881. The third kappa shape index (κ3) is 4.56. The summed E-state index contributed by atoms with van der Waals surface area (Å²) in [7, 11) is 0. The van der Waals surface area contributed by atoms with Crippen LogP contribution in [0.5, 0.6) is 5.75 Å². The number of hydrogen-bond acceptors (Lipinski definition) is 4. The maximum atomic E-state index is 11.4. The average Bonchev–Trinajstić information content (AvgIpc) is 2.64. The fourth-order valence-corrected chi connectivity index (χ4v) is 4.09. The molecule has 1 aliphatic carbocycles. The van der Waals surface area contributed by atoms with E-state index in [0.717, 1.165) is 31.1 Å². The standard InChI is InChI=1S/C24H30O4/c1-16(5-10-20-17(2)6-11-22(25)24(20,3)4)13-14-27-19-9-7-18-8-12-23(26)28-21(18)15-19/h7-9,12-13,15,20,22,25H,2,5-6,10-11,14H2,1,3-4H3/b16-13+/t20?,22-/m1/s1. The second kappa shape index (κ2) is 8.36. The number of benzene rings is 1. The van der Waals surface area contributed by atoms with Gasteiger partial charge in [-0.1, -0.05) is 31.6 Å². The van der Waals surface area contributed by atoms with Gasteiger partial charge in [0.05, 0.1) is 6.10 Å². The van der Waals surface area contributed by atoms with Crippen molar-refractivity contribution in [3.8, 4) is 5.75 Å². The van der Waals surface area contributed by atoms with Crippen LogP contribution in [0.15, 0.2) is 63.3 Å². The molecule has 1 fully saturated rings. The average molecular weight is 383 g/mol. The molecule has 28 heavy (non-hydrogen) atoms. The topological polar surface area (TPSA) is 59.7 Å². The summed E-state index contributed by atoms with van der Waals surface area (Å²) in [6.45, 7) is 11.1. The van der Waals surface area contributed by atoms with Gasteiger partial charge in [-0.05, 0) is 68.2 Å². The van der Waals surface area contributed by atoms with E-state index >= 15 is 0 Å². The minimum atomic E-state index is -0.363. The molecule has 0 radical (unpaired) electrons. The molecule has 150 valence electrons. The lowest BCUT2D eigenvalue weighted by Gasteiger charge is -2.44. The van der Waals surface area contributed by atoms with Gasteiger partial charge in [0.15, 0.2) is 0 Å². The van der Waals surface area contributed by atoms with Crippen LogP contribution < -0.4 is 10.4 Å². The van der Waals surface area contributed by atoms with Crippen LogP contribution in [0.2, 0.25) is 0 Å². The summed E-state index contributed by atoms with van der Waals surface area (Å²) in [5.74, 6) is 1.01. The lowest BCUT2D eigenvalue weighted by Crippen LogP contribution is -2.41. The zero-order valence-electron chi connectivity index (χ0n) is 17.0. The van der Waals surface area contributed by atoms with E-state index in [1.165, 1.54) is 17.2 Å². The van der Waals surface area contributed by atoms with Crippen LogP contribution in [0.1, 0.15) is 46.5 Å². The number of allylic oxidation sites excluding steroid dienone is 2. The van der Waals surface area contributed by atoms with Gasteiger partial charge in [0, 0.05) is 17.5 Å². The summed E-state index contributed by atoms with van der Waals surface area (Å²) in [5.41, 5.74) is 2.56. The molecule has 1 N–H and O–H groups in total. The molecule has 1 aliphatic rings. The third-order valence-electron chi connectivity index (χ3n) is 6.09. The smallest absolute Gasteiger partial charge is 0.336 e. The van der Waals surface area contributed by atoms with Crippen molar-refractivity contribution in [1.82, 2.24) is 0 Å². The van der Waals surface area contributed by atoms with Crippen LogP contribution in [-0.4, -0.2) is 17.8 Å². The molecule has 0 aliphatic heterocycles. The van der Waals surface area contributed by atoms with Crippen molar-refractivity contribution in [1.29, 1.82) is 0 Å². The van der Waals surface area contributed by atoms with Crippen molar-refractivity contribution in [2.45, 2.75) is 52.6 Å². The van der Waals surface area contributed by atoms with Gasteiger partial charge in [0.1, 0.15) is 17.9 Å². The van der Waals surface area contributed by atoms with Gasteiger partial charge >= 0.3 is 5.63 Å². The van der Waals surface area contributed by atoms with Crippen LogP contribution in [0.3, 0.4) is 0 Å². The fraction of sp³-hybridized carbons (Fsp3) is 0.458. The van der Waals surface area contributed by atoms with Crippen LogP contribution >= 0.6 is 0 Å². The molecule has 0 amide bonds. The number of rotatable bonds is 6. The highest BCUT2D eigenvalue weighted by molar-refractivity contribution is 5.77. The van der Waals surface area contributed by atoms with E-state index in [0.29, 0.717) is 23.9 Å². The summed E-state index contributed by atoms with van der Waals surface area (Å²) in [6.07, 6.45) is 5.50. The SMILES string of the molecule is C=C1CC[C@@H](O)C(C)(C)C1CC/C(C)=C/COc1ccc2ccc(=O)oc2c1. The van der Waals surface area contributed by atoms with Crippen molar-refractivity contribution in [2.75, 3.05) is 6.61 Å². The molecular weight excluding hydrogens is 352 g/mol. The Hall–Kier alpha value is -2.33. The number of hydrogen-bond donors (Lipinski definition) is 1. The predicted octanol–water partition coefficient (Wildman–Crippen LogP) is 5.25. The largest absolute Gasteiger partial charge is 0.489 e. The van der Waals surface area contributed by atoms with Gasteiger partial charge in [0.2, 0.25) is 0 Å². The zero-order chi connectivity index (χ0) is 20.3. The molecule has 1 aromatic carbocycles. The number of aliphatic hydroxyl groups is 1. The highest BCUT2D eigenvalue weighted by atomic mass is 16.5. The Bertz CT molecular complexity index is 935. The van der Waals surface area contributed by atoms with E-state index in [-0.39, 0.29) is 17.1 Å². The van der Waals surface area contributed by atoms with Crippen molar-refractivity contribution in [3.05, 3.63) is 64.6 Å². The summed E-state index contributed by atoms with van der Waals surface area (Å²) in [6, 6.07) is 8.66. The van der Waals surface area contributed by atoms with Gasteiger partial charge in [-0.15, -0.1) is 0 Å². The number of aliphatic hydroxyl groups excluding tert-OH is 1. The maximum absolute atomic E-state index is 11.4. The van der Waals surface area contributed by atoms with E-state index in [4.69, 9.17) is 9.15 Å². The molecule has 2 atom stereocenters. The minimum Gasteiger partial charge on any atom is -0.489 e. The van der Waals surface area contributed by atoms with Gasteiger partial charge in [-0.2, -0.15) is 0 Å². The van der Waals surface area contributed by atoms with E-state index < -0.39 is 0 Å². The Morgan fingerprint density at radius 2 is 2.11 bits per heavy atom. The van der Waals surface area contributed by atoms with Crippen molar-refractivity contribution in [3.63, 3.8) is 0 Å².